The summed E-state index contributed by atoms with van der Waals surface area (Å²) in [6, 6.07) is 6.14. The zero-order chi connectivity index (χ0) is 15.4. The van der Waals surface area contributed by atoms with E-state index in [4.69, 9.17) is 11.6 Å². The van der Waals surface area contributed by atoms with Crippen molar-refractivity contribution in [3.63, 3.8) is 0 Å². The Labute approximate surface area is 132 Å². The SMILES string of the molecule is CCC1CCC(Nc2ccc(Cl)c(C(=O)N(C)C)c2)CC1. The lowest BCUT2D eigenvalue weighted by molar-refractivity contribution is 0.0828. The maximum Gasteiger partial charge on any atom is 0.254 e. The Morgan fingerprint density at radius 3 is 2.52 bits per heavy atom. The van der Waals surface area contributed by atoms with Crippen LogP contribution in [0.3, 0.4) is 0 Å². The van der Waals surface area contributed by atoms with Crippen LogP contribution >= 0.6 is 11.6 Å². The smallest absolute Gasteiger partial charge is 0.254 e. The molecule has 21 heavy (non-hydrogen) atoms. The molecule has 1 N–H and O–H groups in total. The van der Waals surface area contributed by atoms with Crippen LogP contribution in [0.15, 0.2) is 18.2 Å². The van der Waals surface area contributed by atoms with Crippen molar-refractivity contribution in [1.29, 1.82) is 0 Å². The summed E-state index contributed by atoms with van der Waals surface area (Å²) in [4.78, 5) is 13.7. The number of nitrogens with one attached hydrogen (secondary N) is 1. The van der Waals surface area contributed by atoms with Gasteiger partial charge in [0.25, 0.3) is 5.91 Å². The highest BCUT2D eigenvalue weighted by atomic mass is 35.5. The number of hydrogen-bond donors (Lipinski definition) is 1. The van der Waals surface area contributed by atoms with Gasteiger partial charge < -0.3 is 10.2 Å². The Balaban J connectivity index is 2.04. The second-order valence-corrected chi connectivity index (χ2v) is 6.57. The quantitative estimate of drug-likeness (QED) is 0.893. The van der Waals surface area contributed by atoms with Crippen molar-refractivity contribution in [1.82, 2.24) is 4.90 Å². The van der Waals surface area contributed by atoms with E-state index >= 15 is 0 Å². The summed E-state index contributed by atoms with van der Waals surface area (Å²) in [5, 5.41) is 4.07. The number of halogens is 1. The fraction of sp³-hybridized carbons (Fsp3) is 0.588. The molecule has 1 saturated carbocycles. The molecule has 1 aromatic carbocycles. The van der Waals surface area contributed by atoms with Gasteiger partial charge in [-0.1, -0.05) is 24.9 Å². The van der Waals surface area contributed by atoms with Crippen molar-refractivity contribution < 1.29 is 4.79 Å². The second-order valence-electron chi connectivity index (χ2n) is 6.16. The van der Waals surface area contributed by atoms with E-state index in [2.05, 4.69) is 12.2 Å². The average Bonchev–Trinajstić information content (AvgIpc) is 2.49. The van der Waals surface area contributed by atoms with E-state index in [0.29, 0.717) is 16.6 Å². The molecule has 2 rings (SSSR count). The first kappa shape index (κ1) is 16.2. The fourth-order valence-corrected chi connectivity index (χ4v) is 3.17. The number of rotatable bonds is 4. The zero-order valence-electron chi connectivity index (χ0n) is 13.2. The van der Waals surface area contributed by atoms with E-state index in [1.807, 2.05) is 12.1 Å². The van der Waals surface area contributed by atoms with Gasteiger partial charge in [-0.3, -0.25) is 4.79 Å². The lowest BCUT2D eigenvalue weighted by atomic mass is 9.84. The molecule has 1 amide bonds. The van der Waals surface area contributed by atoms with Gasteiger partial charge in [0, 0.05) is 25.8 Å². The number of carbonyl (C=O) groups is 1. The minimum Gasteiger partial charge on any atom is -0.382 e. The van der Waals surface area contributed by atoms with E-state index in [0.717, 1.165) is 11.6 Å². The molecule has 0 heterocycles. The molecule has 116 valence electrons. The van der Waals surface area contributed by atoms with E-state index in [1.54, 1.807) is 25.1 Å². The van der Waals surface area contributed by atoms with Crippen LogP contribution in [0, 0.1) is 5.92 Å². The number of benzene rings is 1. The highest BCUT2D eigenvalue weighted by Gasteiger charge is 2.20. The molecule has 0 atom stereocenters. The zero-order valence-corrected chi connectivity index (χ0v) is 13.9. The fourth-order valence-electron chi connectivity index (χ4n) is 2.97. The Morgan fingerprint density at radius 2 is 1.95 bits per heavy atom. The molecular weight excluding hydrogens is 284 g/mol. The van der Waals surface area contributed by atoms with Crippen LogP contribution in [0.25, 0.3) is 0 Å². The molecule has 0 aromatic heterocycles. The monoisotopic (exact) mass is 308 g/mol. The van der Waals surface area contributed by atoms with Gasteiger partial charge >= 0.3 is 0 Å². The third-order valence-corrected chi connectivity index (χ3v) is 4.73. The lowest BCUT2D eigenvalue weighted by Crippen LogP contribution is -2.26. The normalized spacial score (nSPS) is 21.9. The molecule has 4 heteroatoms. The average molecular weight is 309 g/mol. The molecule has 1 aromatic rings. The largest absolute Gasteiger partial charge is 0.382 e. The Bertz CT molecular complexity index is 494. The van der Waals surface area contributed by atoms with Crippen molar-refractivity contribution in [2.75, 3.05) is 19.4 Å². The van der Waals surface area contributed by atoms with Crippen molar-refractivity contribution >= 4 is 23.2 Å². The number of hydrogen-bond acceptors (Lipinski definition) is 2. The Kier molecular flexibility index (Phi) is 5.51. The number of amides is 1. The predicted octanol–water partition coefficient (Wildman–Crippen LogP) is 4.42. The first-order valence-corrected chi connectivity index (χ1v) is 8.16. The van der Waals surface area contributed by atoms with Crippen molar-refractivity contribution in [2.45, 2.75) is 45.1 Å². The van der Waals surface area contributed by atoms with Crippen molar-refractivity contribution in [3.8, 4) is 0 Å². The summed E-state index contributed by atoms with van der Waals surface area (Å²) in [5.41, 5.74) is 1.55. The van der Waals surface area contributed by atoms with Gasteiger partial charge in [-0.2, -0.15) is 0 Å². The summed E-state index contributed by atoms with van der Waals surface area (Å²) in [5.74, 6) is 0.831. The number of nitrogens with zero attached hydrogens (tertiary/aromatic N) is 1. The van der Waals surface area contributed by atoms with Crippen LogP contribution in [0.4, 0.5) is 5.69 Å². The molecule has 1 fully saturated rings. The minimum absolute atomic E-state index is 0.0571. The van der Waals surface area contributed by atoms with Gasteiger partial charge in [-0.25, -0.2) is 0 Å². The van der Waals surface area contributed by atoms with Gasteiger partial charge in [-0.05, 0) is 49.8 Å². The first-order chi connectivity index (χ1) is 10.0. The van der Waals surface area contributed by atoms with Crippen molar-refractivity contribution in [3.05, 3.63) is 28.8 Å². The summed E-state index contributed by atoms with van der Waals surface area (Å²) >= 11 is 6.14. The Hall–Kier alpha value is -1.22. The number of carbonyl (C=O) groups excluding carboxylic acids is 1. The van der Waals surface area contributed by atoms with E-state index in [-0.39, 0.29) is 5.91 Å². The van der Waals surface area contributed by atoms with Crippen LogP contribution < -0.4 is 5.32 Å². The highest BCUT2D eigenvalue weighted by Crippen LogP contribution is 2.29. The van der Waals surface area contributed by atoms with Crippen LogP contribution in [0.2, 0.25) is 5.02 Å². The highest BCUT2D eigenvalue weighted by molar-refractivity contribution is 6.34. The molecule has 0 radical (unpaired) electrons. The molecular formula is C17H25ClN2O. The van der Waals surface area contributed by atoms with E-state index < -0.39 is 0 Å². The van der Waals surface area contributed by atoms with Gasteiger partial charge in [0.15, 0.2) is 0 Å². The standard InChI is InChI=1S/C17H25ClN2O/c1-4-12-5-7-13(8-6-12)19-14-9-10-16(18)15(11-14)17(21)20(2)3/h9-13,19H,4-8H2,1-3H3. The van der Waals surface area contributed by atoms with Crippen molar-refractivity contribution in [2.24, 2.45) is 5.92 Å². The van der Waals surface area contributed by atoms with Gasteiger partial charge in [0.05, 0.1) is 10.6 Å². The molecule has 1 aliphatic carbocycles. The Morgan fingerprint density at radius 1 is 1.29 bits per heavy atom. The van der Waals surface area contributed by atoms with Gasteiger partial charge in [0.1, 0.15) is 0 Å². The number of anilines is 1. The molecule has 0 aliphatic heterocycles. The third-order valence-electron chi connectivity index (χ3n) is 4.40. The molecule has 0 spiro atoms. The molecule has 0 bridgehead atoms. The van der Waals surface area contributed by atoms with Gasteiger partial charge in [-0.15, -0.1) is 0 Å². The molecule has 3 nitrogen and oxygen atoms in total. The maximum absolute atomic E-state index is 12.1. The van der Waals surface area contributed by atoms with Crippen LogP contribution in [-0.4, -0.2) is 30.9 Å². The lowest BCUT2D eigenvalue weighted by Gasteiger charge is -2.29. The maximum atomic E-state index is 12.1. The van der Waals surface area contributed by atoms with Gasteiger partial charge in [0.2, 0.25) is 0 Å². The first-order valence-electron chi connectivity index (χ1n) is 7.79. The van der Waals surface area contributed by atoms with Crippen LogP contribution in [0.5, 0.6) is 0 Å². The predicted molar refractivity (Wildman–Crippen MR) is 89.1 cm³/mol. The van der Waals surface area contributed by atoms with Crippen LogP contribution in [-0.2, 0) is 0 Å². The molecule has 0 saturated heterocycles. The van der Waals surface area contributed by atoms with E-state index in [1.165, 1.54) is 32.1 Å². The topological polar surface area (TPSA) is 32.3 Å². The second kappa shape index (κ2) is 7.17. The summed E-state index contributed by atoms with van der Waals surface area (Å²) in [6.45, 7) is 2.27. The molecule has 0 unspecified atom stereocenters. The minimum atomic E-state index is -0.0571. The molecule has 1 aliphatic rings. The third kappa shape index (κ3) is 4.13. The van der Waals surface area contributed by atoms with E-state index in [9.17, 15) is 4.79 Å². The summed E-state index contributed by atoms with van der Waals surface area (Å²) in [6.07, 6.45) is 6.29. The summed E-state index contributed by atoms with van der Waals surface area (Å²) in [7, 11) is 3.48. The van der Waals surface area contributed by atoms with Crippen LogP contribution in [0.1, 0.15) is 49.4 Å². The summed E-state index contributed by atoms with van der Waals surface area (Å²) < 4.78 is 0.